The zero-order valence-electron chi connectivity index (χ0n) is 38.9. The molecule has 67 heavy (non-hydrogen) atoms. The van der Waals surface area contributed by atoms with E-state index in [4.69, 9.17) is 0 Å². The molecule has 0 saturated heterocycles. The van der Waals surface area contributed by atoms with Crippen molar-refractivity contribution in [3.8, 4) is 55.6 Å². The molecule has 0 nitrogen and oxygen atoms in total. The van der Waals surface area contributed by atoms with E-state index in [0.29, 0.717) is 0 Å². The third kappa shape index (κ3) is 6.20. The van der Waals surface area contributed by atoms with Crippen molar-refractivity contribution in [2.75, 3.05) is 0 Å². The lowest BCUT2D eigenvalue weighted by Gasteiger charge is -2.34. The highest BCUT2D eigenvalue weighted by Gasteiger charge is 2.49. The Morgan fingerprint density at radius 2 is 0.537 bits per heavy atom. The Balaban J connectivity index is 1.09. The highest BCUT2D eigenvalue weighted by molar-refractivity contribution is 5.98. The highest BCUT2D eigenvalue weighted by Crippen LogP contribution is 2.61. The van der Waals surface area contributed by atoms with E-state index in [-0.39, 0.29) is 0 Å². The average Bonchev–Trinajstić information content (AvgIpc) is 3.84. The van der Waals surface area contributed by atoms with E-state index >= 15 is 0 Å². The molecule has 320 valence electrons. The Morgan fingerprint density at radius 1 is 0.224 bits per heavy atom. The zero-order valence-corrected chi connectivity index (χ0v) is 38.9. The predicted molar refractivity (Wildman–Crippen MR) is 281 cm³/mol. The summed E-state index contributed by atoms with van der Waals surface area (Å²) in [6.45, 7) is 10.9. The van der Waals surface area contributed by atoms with E-state index in [2.05, 4.69) is 259 Å². The van der Waals surface area contributed by atoms with Crippen molar-refractivity contribution in [3.63, 3.8) is 0 Å². The Labute approximate surface area is 395 Å². The third-order valence-electron chi connectivity index (χ3n) is 15.1. The standard InChI is InChI=1S/C67H52/c1-43-16-26-48(27-17-43)51-32-41-59-63(42-51)67(53-35-22-46(4)23-36-53,54-37-24-47(5)25-38-54)62-15-9-12-57(65(59)62)50-30-39-55(40-31-50)66(52-33-20-45(3)21-34-52)60-13-7-6-10-58(60)64-56(11-8-14-61(64)66)49-28-18-44(2)19-29-49/h6-42H,1-5H3. The monoisotopic (exact) mass is 856 g/mol. The normalized spacial score (nSPS) is 15.1. The van der Waals surface area contributed by atoms with Crippen LogP contribution in [0.1, 0.15) is 72.3 Å². The van der Waals surface area contributed by atoms with Gasteiger partial charge < -0.3 is 0 Å². The minimum Gasteiger partial charge on any atom is -0.0619 e. The van der Waals surface area contributed by atoms with Crippen LogP contribution in [0.2, 0.25) is 0 Å². The van der Waals surface area contributed by atoms with Crippen LogP contribution in [0.25, 0.3) is 55.6 Å². The van der Waals surface area contributed by atoms with Crippen LogP contribution in [0.4, 0.5) is 0 Å². The largest absolute Gasteiger partial charge is 0.0714 e. The van der Waals surface area contributed by atoms with Crippen LogP contribution in [-0.2, 0) is 10.8 Å². The summed E-state index contributed by atoms with van der Waals surface area (Å²) < 4.78 is 0. The molecule has 1 unspecified atom stereocenters. The summed E-state index contributed by atoms with van der Waals surface area (Å²) >= 11 is 0. The summed E-state index contributed by atoms with van der Waals surface area (Å²) in [4.78, 5) is 0. The van der Waals surface area contributed by atoms with Gasteiger partial charge in [-0.2, -0.15) is 0 Å². The molecule has 0 bridgehead atoms. The van der Waals surface area contributed by atoms with Crippen LogP contribution >= 0.6 is 0 Å². The van der Waals surface area contributed by atoms with E-state index in [9.17, 15) is 0 Å². The highest BCUT2D eigenvalue weighted by atomic mass is 14.5. The van der Waals surface area contributed by atoms with Gasteiger partial charge in [0.2, 0.25) is 0 Å². The van der Waals surface area contributed by atoms with Crippen molar-refractivity contribution in [2.24, 2.45) is 0 Å². The van der Waals surface area contributed by atoms with Crippen molar-refractivity contribution < 1.29 is 0 Å². The van der Waals surface area contributed by atoms with Gasteiger partial charge in [-0.1, -0.05) is 246 Å². The summed E-state index contributed by atoms with van der Waals surface area (Å²) in [6, 6.07) is 85.7. The van der Waals surface area contributed by atoms with Crippen molar-refractivity contribution in [2.45, 2.75) is 45.4 Å². The molecular weight excluding hydrogens is 805 g/mol. The lowest BCUT2D eigenvalue weighted by atomic mass is 9.67. The number of benzene rings is 10. The summed E-state index contributed by atoms with van der Waals surface area (Å²) in [7, 11) is 0. The molecule has 2 aliphatic carbocycles. The second-order valence-electron chi connectivity index (χ2n) is 19.2. The molecular formula is C67H52. The van der Waals surface area contributed by atoms with Crippen molar-refractivity contribution >= 4 is 0 Å². The minimum absolute atomic E-state index is 0.525. The molecule has 0 radical (unpaired) electrons. The van der Waals surface area contributed by atoms with Gasteiger partial charge in [0.15, 0.2) is 0 Å². The third-order valence-corrected chi connectivity index (χ3v) is 15.1. The number of aryl methyl sites for hydroxylation is 5. The molecule has 0 fully saturated rings. The van der Waals surface area contributed by atoms with Gasteiger partial charge in [-0.05, 0) is 141 Å². The van der Waals surface area contributed by atoms with Gasteiger partial charge in [0.25, 0.3) is 0 Å². The van der Waals surface area contributed by atoms with Crippen LogP contribution in [-0.4, -0.2) is 0 Å². The summed E-state index contributed by atoms with van der Waals surface area (Å²) in [5.41, 5.74) is 28.2. The molecule has 2 aliphatic rings. The molecule has 12 rings (SSSR count). The zero-order chi connectivity index (χ0) is 45.4. The molecule has 0 N–H and O–H groups in total. The second-order valence-corrected chi connectivity index (χ2v) is 19.2. The topological polar surface area (TPSA) is 0 Å². The van der Waals surface area contributed by atoms with Gasteiger partial charge >= 0.3 is 0 Å². The first-order valence-electron chi connectivity index (χ1n) is 23.7. The Hall–Kier alpha value is -7.80. The molecule has 0 spiro atoms. The number of rotatable bonds is 7. The molecule has 0 aliphatic heterocycles. The van der Waals surface area contributed by atoms with Gasteiger partial charge in [-0.25, -0.2) is 0 Å². The lowest BCUT2D eigenvalue weighted by Crippen LogP contribution is -2.28. The van der Waals surface area contributed by atoms with Crippen molar-refractivity contribution in [1.29, 1.82) is 0 Å². The van der Waals surface area contributed by atoms with Gasteiger partial charge in [-0.3, -0.25) is 0 Å². The molecule has 0 heteroatoms. The first-order chi connectivity index (χ1) is 32.7. The van der Waals surface area contributed by atoms with E-state index < -0.39 is 10.8 Å². The maximum absolute atomic E-state index is 2.48. The quantitative estimate of drug-likeness (QED) is 0.150. The van der Waals surface area contributed by atoms with Crippen LogP contribution in [0.3, 0.4) is 0 Å². The van der Waals surface area contributed by atoms with E-state index in [1.807, 2.05) is 0 Å². The molecule has 0 amide bonds. The van der Waals surface area contributed by atoms with Crippen LogP contribution in [0, 0.1) is 34.6 Å². The second kappa shape index (κ2) is 15.7. The fourth-order valence-corrected chi connectivity index (χ4v) is 11.7. The molecule has 10 aromatic rings. The number of hydrogen-bond donors (Lipinski definition) is 0. The molecule has 0 aromatic heterocycles. The van der Waals surface area contributed by atoms with Crippen LogP contribution in [0.15, 0.2) is 224 Å². The molecule has 0 saturated carbocycles. The Kier molecular flexibility index (Phi) is 9.52. The Morgan fingerprint density at radius 3 is 1.00 bits per heavy atom. The van der Waals surface area contributed by atoms with Crippen LogP contribution in [0.5, 0.6) is 0 Å². The van der Waals surface area contributed by atoms with E-state index in [1.54, 1.807) is 0 Å². The van der Waals surface area contributed by atoms with E-state index in [1.165, 1.54) is 128 Å². The fourth-order valence-electron chi connectivity index (χ4n) is 11.7. The SMILES string of the molecule is Cc1ccc(-c2ccc3c(c2)C(c2ccc(C)cc2)(c2ccc(C)cc2)c2cccc(-c4ccc(C5(c6ccc(C)cc6)c6ccccc6-c6c(-c7ccc(C)cc7)cccc65)cc4)c2-3)cc1. The molecule has 0 heterocycles. The fraction of sp³-hybridized carbons (Fsp3) is 0.104. The van der Waals surface area contributed by atoms with Crippen molar-refractivity contribution in [3.05, 3.63) is 297 Å². The van der Waals surface area contributed by atoms with Crippen LogP contribution < -0.4 is 0 Å². The predicted octanol–water partition coefficient (Wildman–Crippen LogP) is 17.0. The summed E-state index contributed by atoms with van der Waals surface area (Å²) in [6.07, 6.45) is 0. The van der Waals surface area contributed by atoms with Gasteiger partial charge in [0, 0.05) is 0 Å². The van der Waals surface area contributed by atoms with E-state index in [0.717, 1.165) is 0 Å². The van der Waals surface area contributed by atoms with Gasteiger partial charge in [-0.15, -0.1) is 0 Å². The minimum atomic E-state index is -0.537. The first kappa shape index (κ1) is 40.7. The summed E-state index contributed by atoms with van der Waals surface area (Å²) in [5.74, 6) is 0. The molecule has 10 aromatic carbocycles. The van der Waals surface area contributed by atoms with Gasteiger partial charge in [0.05, 0.1) is 10.8 Å². The first-order valence-corrected chi connectivity index (χ1v) is 23.7. The maximum Gasteiger partial charge on any atom is 0.0714 e. The number of hydrogen-bond acceptors (Lipinski definition) is 0. The Bertz CT molecular complexity index is 3450. The average molecular weight is 857 g/mol. The molecule has 1 atom stereocenters. The lowest BCUT2D eigenvalue weighted by molar-refractivity contribution is 0.767. The summed E-state index contributed by atoms with van der Waals surface area (Å²) in [5, 5.41) is 0. The van der Waals surface area contributed by atoms with Crippen molar-refractivity contribution in [1.82, 2.24) is 0 Å². The number of fused-ring (bicyclic) bond motifs is 6. The smallest absolute Gasteiger partial charge is 0.0619 e. The maximum atomic E-state index is 2.48. The van der Waals surface area contributed by atoms with Gasteiger partial charge in [0.1, 0.15) is 0 Å².